The molecule has 2 aliphatic rings. The molecule has 0 atom stereocenters. The van der Waals surface area contributed by atoms with Gasteiger partial charge in [-0.3, -0.25) is 9.59 Å². The van der Waals surface area contributed by atoms with Crippen LogP contribution in [0.1, 0.15) is 57.8 Å². The second-order valence-electron chi connectivity index (χ2n) is 8.23. The number of anilines is 1. The van der Waals surface area contributed by atoms with Crippen LogP contribution in [-0.2, 0) is 24.3 Å². The van der Waals surface area contributed by atoms with Crippen molar-refractivity contribution < 1.29 is 27.5 Å². The SMILES string of the molecule is COc1ccc(NC(=O)COC(=O)CCC2CCCC2)cc1S(=O)(=O)N1CCCCC1. The standard InChI is InChI=1S/C22H32N2O6S/c1-29-19-11-10-18(15-20(19)31(27,28)24-13-5-2-6-14-24)23-21(25)16-30-22(26)12-9-17-7-3-4-8-17/h10-11,15,17H,2-9,12-14,16H2,1H3,(H,23,25). The highest BCUT2D eigenvalue weighted by Crippen LogP contribution is 2.31. The fraction of sp³-hybridized carbons (Fsp3) is 0.636. The quantitative estimate of drug-likeness (QED) is 0.577. The summed E-state index contributed by atoms with van der Waals surface area (Å²) in [4.78, 5) is 24.1. The van der Waals surface area contributed by atoms with Gasteiger partial charge in [0.25, 0.3) is 5.91 Å². The van der Waals surface area contributed by atoms with Crippen LogP contribution in [0.25, 0.3) is 0 Å². The van der Waals surface area contributed by atoms with Crippen molar-refractivity contribution in [1.29, 1.82) is 0 Å². The van der Waals surface area contributed by atoms with Gasteiger partial charge in [-0.05, 0) is 43.4 Å². The molecule has 0 aromatic heterocycles. The third-order valence-electron chi connectivity index (χ3n) is 5.98. The first-order valence-electron chi connectivity index (χ1n) is 11.0. The van der Waals surface area contributed by atoms with Gasteiger partial charge in [0.05, 0.1) is 7.11 Å². The highest BCUT2D eigenvalue weighted by atomic mass is 32.2. The lowest BCUT2D eigenvalue weighted by atomic mass is 10.0. The summed E-state index contributed by atoms with van der Waals surface area (Å²) in [6.45, 7) is 0.543. The van der Waals surface area contributed by atoms with Crippen molar-refractivity contribution in [3.63, 3.8) is 0 Å². The monoisotopic (exact) mass is 452 g/mol. The topological polar surface area (TPSA) is 102 Å². The first-order valence-corrected chi connectivity index (χ1v) is 12.5. The van der Waals surface area contributed by atoms with Crippen molar-refractivity contribution in [3.05, 3.63) is 18.2 Å². The Hall–Kier alpha value is -2.13. The van der Waals surface area contributed by atoms with Gasteiger partial charge in [0.15, 0.2) is 6.61 Å². The third kappa shape index (κ3) is 6.43. The zero-order valence-electron chi connectivity index (χ0n) is 18.1. The van der Waals surface area contributed by atoms with Crippen LogP contribution < -0.4 is 10.1 Å². The van der Waals surface area contributed by atoms with Gasteiger partial charge in [0.2, 0.25) is 10.0 Å². The predicted molar refractivity (Wildman–Crippen MR) is 116 cm³/mol. The maximum Gasteiger partial charge on any atom is 0.306 e. The van der Waals surface area contributed by atoms with Gasteiger partial charge in [-0.25, -0.2) is 8.42 Å². The maximum absolute atomic E-state index is 13.1. The van der Waals surface area contributed by atoms with E-state index >= 15 is 0 Å². The summed E-state index contributed by atoms with van der Waals surface area (Å²) in [5, 5.41) is 2.61. The van der Waals surface area contributed by atoms with Crippen LogP contribution in [0.3, 0.4) is 0 Å². The van der Waals surface area contributed by atoms with E-state index in [1.165, 1.54) is 36.4 Å². The Morgan fingerprint density at radius 3 is 2.48 bits per heavy atom. The van der Waals surface area contributed by atoms with Crippen LogP contribution in [-0.4, -0.2) is 51.4 Å². The highest BCUT2D eigenvalue weighted by Gasteiger charge is 2.29. The van der Waals surface area contributed by atoms with Gasteiger partial charge < -0.3 is 14.8 Å². The van der Waals surface area contributed by atoms with Crippen LogP contribution in [0.2, 0.25) is 0 Å². The van der Waals surface area contributed by atoms with E-state index in [1.54, 1.807) is 6.07 Å². The van der Waals surface area contributed by atoms with Crippen molar-refractivity contribution in [2.75, 3.05) is 32.1 Å². The number of ether oxygens (including phenoxy) is 2. The fourth-order valence-corrected chi connectivity index (χ4v) is 5.94. The molecule has 31 heavy (non-hydrogen) atoms. The normalized spacial score (nSPS) is 18.0. The molecule has 1 aromatic rings. The molecule has 0 bridgehead atoms. The van der Waals surface area contributed by atoms with E-state index in [-0.39, 0.29) is 16.6 Å². The molecule has 0 spiro atoms. The number of piperidine rings is 1. The van der Waals surface area contributed by atoms with Crippen molar-refractivity contribution in [1.82, 2.24) is 4.31 Å². The smallest absolute Gasteiger partial charge is 0.306 e. The molecule has 1 aliphatic heterocycles. The Morgan fingerprint density at radius 1 is 1.10 bits per heavy atom. The molecule has 1 aromatic carbocycles. The Kier molecular flexibility index (Phi) is 8.31. The van der Waals surface area contributed by atoms with E-state index < -0.39 is 22.5 Å². The second kappa shape index (κ2) is 10.9. The molecule has 0 radical (unpaired) electrons. The third-order valence-corrected chi connectivity index (χ3v) is 7.90. The lowest BCUT2D eigenvalue weighted by molar-refractivity contribution is -0.147. The summed E-state index contributed by atoms with van der Waals surface area (Å²) < 4.78 is 37.9. The number of carbonyl (C=O) groups is 2. The molecular weight excluding hydrogens is 420 g/mol. The van der Waals surface area contributed by atoms with Gasteiger partial charge in [-0.2, -0.15) is 4.31 Å². The second-order valence-corrected chi connectivity index (χ2v) is 10.1. The summed E-state index contributed by atoms with van der Waals surface area (Å²) >= 11 is 0. The molecule has 172 valence electrons. The molecule has 1 heterocycles. The molecule has 0 unspecified atom stereocenters. The van der Waals surface area contributed by atoms with E-state index in [0.29, 0.717) is 31.1 Å². The minimum atomic E-state index is -3.73. The van der Waals surface area contributed by atoms with Crippen molar-refractivity contribution >= 4 is 27.6 Å². The number of nitrogens with zero attached hydrogens (tertiary/aromatic N) is 1. The first-order chi connectivity index (χ1) is 14.9. The van der Waals surface area contributed by atoms with E-state index in [1.807, 2.05) is 0 Å². The van der Waals surface area contributed by atoms with Gasteiger partial charge in [0.1, 0.15) is 10.6 Å². The van der Waals surface area contributed by atoms with Crippen molar-refractivity contribution in [2.24, 2.45) is 5.92 Å². The molecule has 1 saturated carbocycles. The largest absolute Gasteiger partial charge is 0.495 e. The van der Waals surface area contributed by atoms with E-state index in [0.717, 1.165) is 38.5 Å². The highest BCUT2D eigenvalue weighted by molar-refractivity contribution is 7.89. The summed E-state index contributed by atoms with van der Waals surface area (Å²) in [7, 11) is -2.32. The summed E-state index contributed by atoms with van der Waals surface area (Å²) in [5.41, 5.74) is 0.309. The summed E-state index contributed by atoms with van der Waals surface area (Å²) in [6, 6.07) is 4.47. The van der Waals surface area contributed by atoms with Crippen LogP contribution in [0.4, 0.5) is 5.69 Å². The number of hydrogen-bond acceptors (Lipinski definition) is 6. The van der Waals surface area contributed by atoms with Gasteiger partial charge in [-0.15, -0.1) is 0 Å². The predicted octanol–water partition coefficient (Wildman–Crippen LogP) is 3.32. The van der Waals surface area contributed by atoms with Gasteiger partial charge in [-0.1, -0.05) is 32.1 Å². The van der Waals surface area contributed by atoms with E-state index in [4.69, 9.17) is 9.47 Å². The lowest BCUT2D eigenvalue weighted by Gasteiger charge is -2.26. The zero-order chi connectivity index (χ0) is 22.3. The molecule has 2 fully saturated rings. The Balaban J connectivity index is 1.57. The zero-order valence-corrected chi connectivity index (χ0v) is 18.9. The molecule has 8 nitrogen and oxygen atoms in total. The average Bonchev–Trinajstić information content (AvgIpc) is 3.30. The summed E-state index contributed by atoms with van der Waals surface area (Å²) in [6.07, 6.45) is 8.54. The van der Waals surface area contributed by atoms with Crippen LogP contribution >= 0.6 is 0 Å². The molecule has 1 saturated heterocycles. The fourth-order valence-electron chi connectivity index (χ4n) is 4.24. The first kappa shape index (κ1) is 23.5. The molecular formula is C22H32N2O6S. The van der Waals surface area contributed by atoms with Crippen molar-refractivity contribution in [2.45, 2.75) is 62.7 Å². The minimum Gasteiger partial charge on any atom is -0.495 e. The number of rotatable bonds is 9. The number of hydrogen-bond donors (Lipinski definition) is 1. The number of esters is 1. The number of carbonyl (C=O) groups excluding carboxylic acids is 2. The number of methoxy groups -OCH3 is 1. The van der Waals surface area contributed by atoms with E-state index in [9.17, 15) is 18.0 Å². The van der Waals surface area contributed by atoms with Crippen molar-refractivity contribution in [3.8, 4) is 5.75 Å². The molecule has 3 rings (SSSR count). The van der Waals surface area contributed by atoms with Crippen LogP contribution in [0.5, 0.6) is 5.75 Å². The van der Waals surface area contributed by atoms with Crippen LogP contribution in [0, 0.1) is 5.92 Å². The average molecular weight is 453 g/mol. The number of sulfonamides is 1. The lowest BCUT2D eigenvalue weighted by Crippen LogP contribution is -2.35. The Morgan fingerprint density at radius 2 is 1.81 bits per heavy atom. The molecule has 1 aliphatic carbocycles. The minimum absolute atomic E-state index is 0.0169. The van der Waals surface area contributed by atoms with E-state index in [2.05, 4.69) is 5.32 Å². The van der Waals surface area contributed by atoms with Gasteiger partial charge >= 0.3 is 5.97 Å². The Bertz CT molecular complexity index is 874. The molecule has 9 heteroatoms. The van der Waals surface area contributed by atoms with Crippen LogP contribution in [0.15, 0.2) is 23.1 Å². The summed E-state index contributed by atoms with van der Waals surface area (Å²) in [5.74, 6) is -0.0892. The molecule has 1 N–H and O–H groups in total. The maximum atomic E-state index is 13.1. The molecule has 1 amide bonds. The number of benzene rings is 1. The number of amides is 1. The number of nitrogens with one attached hydrogen (secondary N) is 1. The van der Waals surface area contributed by atoms with Gasteiger partial charge in [0, 0.05) is 25.2 Å². The Labute approximate surface area is 184 Å².